The Balaban J connectivity index is 2.43. The second-order valence-electron chi connectivity index (χ2n) is 7.09. The summed E-state index contributed by atoms with van der Waals surface area (Å²) in [5, 5.41) is 0.754. The Bertz CT molecular complexity index is 925. The summed E-state index contributed by atoms with van der Waals surface area (Å²) < 4.78 is 0. The first-order chi connectivity index (χ1) is 14.0. The first kappa shape index (κ1) is 21.3. The molecule has 0 aliphatic heterocycles. The molecule has 0 bridgehead atoms. The molecule has 0 aromatic heterocycles. The van der Waals surface area contributed by atoms with Crippen molar-refractivity contribution in [1.29, 1.82) is 0 Å². The molecule has 0 unspecified atom stereocenters. The summed E-state index contributed by atoms with van der Waals surface area (Å²) in [5.41, 5.74) is 7.91. The molecule has 148 valence electrons. The van der Waals surface area contributed by atoms with Crippen molar-refractivity contribution in [2.45, 2.75) is 6.92 Å². The van der Waals surface area contributed by atoms with Gasteiger partial charge in [0.15, 0.2) is 0 Å². The van der Waals surface area contributed by atoms with Crippen molar-refractivity contribution in [2.75, 3.05) is 6.16 Å². The number of hydrogen-bond donors (Lipinski definition) is 1. The summed E-state index contributed by atoms with van der Waals surface area (Å²) in [4.78, 5) is 0. The summed E-state index contributed by atoms with van der Waals surface area (Å²) in [6.45, 7) is 6.09. The molecular formula is C26H27BrNP. The van der Waals surface area contributed by atoms with Crippen LogP contribution in [0.1, 0.15) is 6.92 Å². The van der Waals surface area contributed by atoms with Gasteiger partial charge in [0.05, 0.1) is 0 Å². The molecule has 29 heavy (non-hydrogen) atoms. The van der Waals surface area contributed by atoms with Gasteiger partial charge in [0.2, 0.25) is 0 Å². The van der Waals surface area contributed by atoms with Crippen LogP contribution in [0.4, 0.5) is 0 Å². The van der Waals surface area contributed by atoms with Gasteiger partial charge in [-0.05, 0) is 0 Å². The van der Waals surface area contributed by atoms with Gasteiger partial charge in [-0.2, -0.15) is 0 Å². The van der Waals surface area contributed by atoms with E-state index in [0.29, 0.717) is 5.70 Å². The maximum atomic E-state index is 6.28. The minimum absolute atomic E-state index is 0.597. The van der Waals surface area contributed by atoms with E-state index in [1.54, 1.807) is 0 Å². The number of allylic oxidation sites excluding steroid dienone is 4. The van der Waals surface area contributed by atoms with E-state index < -0.39 is 5.31 Å². The monoisotopic (exact) mass is 463 g/mol. The summed E-state index contributed by atoms with van der Waals surface area (Å²) >= 11 is 4.45. The predicted octanol–water partition coefficient (Wildman–Crippen LogP) is 5.80. The van der Waals surface area contributed by atoms with Crippen LogP contribution in [0.3, 0.4) is 0 Å². The van der Waals surface area contributed by atoms with Crippen molar-refractivity contribution in [2.24, 2.45) is 5.73 Å². The summed E-state index contributed by atoms with van der Waals surface area (Å²) in [5.74, 6) is 0. The molecule has 0 atom stereocenters. The van der Waals surface area contributed by atoms with E-state index in [0.717, 1.165) is 11.7 Å². The first-order valence-corrected chi connectivity index (χ1v) is 14.1. The molecule has 2 N–H and O–H groups in total. The molecule has 0 radical (unpaired) electrons. The molecule has 0 aliphatic carbocycles. The van der Waals surface area contributed by atoms with Gasteiger partial charge in [-0.25, -0.2) is 0 Å². The molecule has 3 heteroatoms. The SMILES string of the molecule is C=C(N)/C(=C\C=C/C)CP(Br)(c1ccccc1)(c1ccccc1)c1ccccc1. The van der Waals surface area contributed by atoms with Gasteiger partial charge in [0, 0.05) is 0 Å². The van der Waals surface area contributed by atoms with Crippen LogP contribution < -0.4 is 21.6 Å². The maximum absolute atomic E-state index is 6.28. The Morgan fingerprint density at radius 2 is 1.21 bits per heavy atom. The average molecular weight is 464 g/mol. The van der Waals surface area contributed by atoms with Crippen molar-refractivity contribution in [1.82, 2.24) is 0 Å². The van der Waals surface area contributed by atoms with Gasteiger partial charge in [-0.15, -0.1) is 0 Å². The van der Waals surface area contributed by atoms with Crippen LogP contribution in [-0.2, 0) is 0 Å². The van der Waals surface area contributed by atoms with Gasteiger partial charge < -0.3 is 0 Å². The third-order valence-electron chi connectivity index (χ3n) is 5.25. The third kappa shape index (κ3) is 4.01. The standard InChI is InChI=1S/C26H27BrNP/c1-3-4-14-23(22(2)28)21-29(27,24-15-8-5-9-16-24,25-17-10-6-11-18-25)26-19-12-7-13-20-26/h3-20H,2,21,28H2,1H3/b4-3-,23-14-. The van der Waals surface area contributed by atoms with Crippen LogP contribution in [0.15, 0.2) is 127 Å². The van der Waals surface area contributed by atoms with Gasteiger partial charge in [0.1, 0.15) is 0 Å². The molecule has 3 rings (SSSR count). The van der Waals surface area contributed by atoms with E-state index >= 15 is 0 Å². The van der Waals surface area contributed by atoms with E-state index in [9.17, 15) is 0 Å². The van der Waals surface area contributed by atoms with Gasteiger partial charge >= 0.3 is 183 Å². The molecular weight excluding hydrogens is 437 g/mol. The molecule has 0 aliphatic rings. The zero-order chi connectivity index (χ0) is 20.8. The fourth-order valence-electron chi connectivity index (χ4n) is 3.73. The molecule has 0 fully saturated rings. The first-order valence-electron chi connectivity index (χ1n) is 9.67. The molecule has 0 spiro atoms. The van der Waals surface area contributed by atoms with Crippen LogP contribution in [0, 0.1) is 0 Å². The van der Waals surface area contributed by atoms with Crippen molar-refractivity contribution in [3.05, 3.63) is 127 Å². The topological polar surface area (TPSA) is 26.0 Å². The van der Waals surface area contributed by atoms with Crippen molar-refractivity contribution in [3.63, 3.8) is 0 Å². The normalized spacial score (nSPS) is 13.7. The zero-order valence-electron chi connectivity index (χ0n) is 16.7. The number of rotatable bonds is 7. The Morgan fingerprint density at radius 3 is 1.52 bits per heavy atom. The molecule has 3 aromatic carbocycles. The Labute approximate surface area is 182 Å². The molecule has 0 heterocycles. The van der Waals surface area contributed by atoms with E-state index in [1.165, 1.54) is 15.9 Å². The van der Waals surface area contributed by atoms with Crippen LogP contribution in [-0.4, -0.2) is 6.16 Å². The fourth-order valence-corrected chi connectivity index (χ4v) is 11.4. The van der Waals surface area contributed by atoms with Crippen molar-refractivity contribution in [3.8, 4) is 0 Å². The van der Waals surface area contributed by atoms with Crippen LogP contribution in [0.5, 0.6) is 0 Å². The fraction of sp³-hybridized carbons (Fsp3) is 0.0769. The van der Waals surface area contributed by atoms with Crippen LogP contribution in [0.2, 0.25) is 0 Å². The predicted molar refractivity (Wildman–Crippen MR) is 135 cm³/mol. The molecule has 3 aromatic rings. The number of benzene rings is 3. The zero-order valence-corrected chi connectivity index (χ0v) is 19.2. The van der Waals surface area contributed by atoms with Gasteiger partial charge in [-0.3, -0.25) is 0 Å². The minimum atomic E-state index is -3.05. The summed E-state index contributed by atoms with van der Waals surface area (Å²) in [7, 11) is 0. The Morgan fingerprint density at radius 1 is 0.828 bits per heavy atom. The van der Waals surface area contributed by atoms with Crippen molar-refractivity contribution < 1.29 is 0 Å². The number of nitrogens with two attached hydrogens (primary N) is 1. The van der Waals surface area contributed by atoms with Crippen LogP contribution >= 0.6 is 20.8 Å². The van der Waals surface area contributed by atoms with E-state index in [-0.39, 0.29) is 0 Å². The molecule has 1 nitrogen and oxygen atoms in total. The number of halogens is 1. The van der Waals surface area contributed by atoms with Crippen LogP contribution in [0.25, 0.3) is 0 Å². The van der Waals surface area contributed by atoms with E-state index in [1.807, 2.05) is 19.1 Å². The van der Waals surface area contributed by atoms with E-state index in [4.69, 9.17) is 5.73 Å². The van der Waals surface area contributed by atoms with E-state index in [2.05, 4.69) is 119 Å². The molecule has 0 saturated carbocycles. The number of hydrogen-bond acceptors (Lipinski definition) is 1. The Kier molecular flexibility index (Phi) is 6.57. The van der Waals surface area contributed by atoms with Crippen molar-refractivity contribution >= 4 is 36.7 Å². The quantitative estimate of drug-likeness (QED) is 0.347. The second kappa shape index (κ2) is 8.95. The van der Waals surface area contributed by atoms with Gasteiger partial charge in [0.25, 0.3) is 0 Å². The Hall–Kier alpha value is -2.41. The average Bonchev–Trinajstić information content (AvgIpc) is 2.78. The molecule has 0 amide bonds. The molecule has 0 saturated heterocycles. The summed E-state index contributed by atoms with van der Waals surface area (Å²) in [6.07, 6.45) is 6.87. The van der Waals surface area contributed by atoms with Gasteiger partial charge in [-0.1, -0.05) is 0 Å². The second-order valence-corrected chi connectivity index (χ2v) is 16.0. The summed E-state index contributed by atoms with van der Waals surface area (Å²) in [6, 6.07) is 32.2. The third-order valence-corrected chi connectivity index (χ3v) is 14.8.